The van der Waals surface area contributed by atoms with Gasteiger partial charge in [-0.3, -0.25) is 0 Å². The Morgan fingerprint density at radius 1 is 1.37 bits per heavy atom. The largest absolute Gasteiger partial charge is 0.478 e. The molecule has 19 heavy (non-hydrogen) atoms. The topological polar surface area (TPSA) is 47.0 Å². The van der Waals surface area contributed by atoms with E-state index in [1.807, 2.05) is 19.9 Å². The van der Waals surface area contributed by atoms with Crippen molar-refractivity contribution in [2.45, 2.75) is 47.1 Å². The Morgan fingerprint density at radius 3 is 2.58 bits per heavy atom. The first-order chi connectivity index (χ1) is 8.86. The highest BCUT2D eigenvalue weighted by atomic mass is 35.5. The van der Waals surface area contributed by atoms with Crippen LogP contribution >= 0.6 is 11.6 Å². The lowest BCUT2D eigenvalue weighted by molar-refractivity contribution is 0.321. The summed E-state index contributed by atoms with van der Waals surface area (Å²) in [6, 6.07) is 2.06. The molecule has 1 atom stereocenters. The number of hydrogen-bond donors (Lipinski definition) is 1. The maximum Gasteiger partial charge on any atom is 0.226 e. The number of nitrogens with one attached hydrogen (secondary N) is 1. The van der Waals surface area contributed by atoms with Crippen LogP contribution in [-0.2, 0) is 0 Å². The van der Waals surface area contributed by atoms with Crippen LogP contribution in [0, 0.1) is 12.3 Å². The van der Waals surface area contributed by atoms with Crippen LogP contribution in [0.5, 0.6) is 5.88 Å². The Labute approximate surface area is 120 Å². The zero-order valence-corrected chi connectivity index (χ0v) is 13.2. The van der Waals surface area contributed by atoms with Crippen LogP contribution in [0.2, 0.25) is 0 Å². The molecule has 1 unspecified atom stereocenters. The predicted molar refractivity (Wildman–Crippen MR) is 80.1 cm³/mol. The molecule has 5 heteroatoms. The standard InChI is InChI=1S/C14H24ClN3O/c1-6-19-12-9-10(2)16-13(18-12)17-11(7-8-15)14(3,4)5/h9,11H,6-8H2,1-5H3,(H,16,17,18). The third kappa shape index (κ3) is 5.23. The molecule has 1 aromatic rings. The third-order valence-electron chi connectivity index (χ3n) is 2.87. The van der Waals surface area contributed by atoms with Gasteiger partial charge in [-0.25, -0.2) is 4.98 Å². The molecule has 0 aliphatic heterocycles. The molecular weight excluding hydrogens is 262 g/mol. The highest BCUT2D eigenvalue weighted by Gasteiger charge is 2.24. The Hall–Kier alpha value is -1.03. The molecule has 0 saturated carbocycles. The van der Waals surface area contributed by atoms with Crippen molar-refractivity contribution < 1.29 is 4.74 Å². The fourth-order valence-electron chi connectivity index (χ4n) is 1.81. The van der Waals surface area contributed by atoms with Crippen molar-refractivity contribution in [3.05, 3.63) is 11.8 Å². The van der Waals surface area contributed by atoms with Gasteiger partial charge in [0.1, 0.15) is 0 Å². The quantitative estimate of drug-likeness (QED) is 0.811. The fourth-order valence-corrected chi connectivity index (χ4v) is 2.03. The third-order valence-corrected chi connectivity index (χ3v) is 3.09. The minimum atomic E-state index is 0.0910. The molecule has 0 aliphatic rings. The van der Waals surface area contributed by atoms with Crippen molar-refractivity contribution in [2.24, 2.45) is 5.41 Å². The minimum absolute atomic E-state index is 0.0910. The molecule has 108 valence electrons. The first-order valence-electron chi connectivity index (χ1n) is 6.67. The summed E-state index contributed by atoms with van der Waals surface area (Å²) in [4.78, 5) is 8.78. The van der Waals surface area contributed by atoms with Crippen molar-refractivity contribution in [3.63, 3.8) is 0 Å². The number of halogens is 1. The molecule has 1 heterocycles. The van der Waals surface area contributed by atoms with E-state index in [9.17, 15) is 0 Å². The molecule has 0 saturated heterocycles. The molecule has 0 bridgehead atoms. The van der Waals surface area contributed by atoms with Crippen LogP contribution in [-0.4, -0.2) is 28.5 Å². The monoisotopic (exact) mass is 285 g/mol. The Bertz CT molecular complexity index is 404. The van der Waals surface area contributed by atoms with Crippen LogP contribution in [0.15, 0.2) is 6.07 Å². The number of ether oxygens (including phenoxy) is 1. The molecule has 0 radical (unpaired) electrons. The van der Waals surface area contributed by atoms with E-state index in [2.05, 4.69) is 36.1 Å². The number of aryl methyl sites for hydroxylation is 1. The van der Waals surface area contributed by atoms with E-state index < -0.39 is 0 Å². The summed E-state index contributed by atoms with van der Waals surface area (Å²) < 4.78 is 5.44. The molecule has 1 aromatic heterocycles. The van der Waals surface area contributed by atoms with Gasteiger partial charge in [0.2, 0.25) is 11.8 Å². The second kappa shape index (κ2) is 6.94. The van der Waals surface area contributed by atoms with Crippen LogP contribution in [0.1, 0.15) is 39.8 Å². The molecule has 1 rings (SSSR count). The lowest BCUT2D eigenvalue weighted by Crippen LogP contribution is -2.35. The number of aromatic nitrogens is 2. The predicted octanol–water partition coefficient (Wildman–Crippen LogP) is 3.64. The van der Waals surface area contributed by atoms with Gasteiger partial charge in [0.15, 0.2) is 0 Å². The molecule has 0 amide bonds. The van der Waals surface area contributed by atoms with Crippen molar-refractivity contribution in [2.75, 3.05) is 17.8 Å². The number of hydrogen-bond acceptors (Lipinski definition) is 4. The smallest absolute Gasteiger partial charge is 0.226 e. The lowest BCUT2D eigenvalue weighted by atomic mass is 9.85. The van der Waals surface area contributed by atoms with Crippen LogP contribution in [0.3, 0.4) is 0 Å². The van der Waals surface area contributed by atoms with Gasteiger partial charge in [-0.2, -0.15) is 4.98 Å². The van der Waals surface area contributed by atoms with Crippen molar-refractivity contribution in [1.29, 1.82) is 0 Å². The normalized spacial score (nSPS) is 13.2. The number of alkyl halides is 1. The van der Waals surface area contributed by atoms with E-state index in [1.54, 1.807) is 0 Å². The molecular formula is C14H24ClN3O. The number of nitrogens with zero attached hydrogens (tertiary/aromatic N) is 2. The molecule has 4 nitrogen and oxygen atoms in total. The molecule has 0 aliphatic carbocycles. The second-order valence-corrected chi connectivity index (χ2v) is 6.02. The van der Waals surface area contributed by atoms with E-state index in [0.717, 1.165) is 12.1 Å². The summed E-state index contributed by atoms with van der Waals surface area (Å²) in [5, 5.41) is 3.37. The Balaban J connectivity index is 2.89. The minimum Gasteiger partial charge on any atom is -0.478 e. The lowest BCUT2D eigenvalue weighted by Gasteiger charge is -2.31. The van der Waals surface area contributed by atoms with E-state index in [1.165, 1.54) is 0 Å². The molecule has 1 N–H and O–H groups in total. The van der Waals surface area contributed by atoms with Gasteiger partial charge in [0, 0.05) is 23.7 Å². The van der Waals surface area contributed by atoms with Gasteiger partial charge in [-0.15, -0.1) is 11.6 Å². The molecule has 0 spiro atoms. The number of anilines is 1. The highest BCUT2D eigenvalue weighted by Crippen LogP contribution is 2.25. The van der Waals surface area contributed by atoms with Crippen LogP contribution in [0.25, 0.3) is 0 Å². The van der Waals surface area contributed by atoms with Crippen LogP contribution < -0.4 is 10.1 Å². The SMILES string of the molecule is CCOc1cc(C)nc(NC(CCCl)C(C)(C)C)n1. The van der Waals surface area contributed by atoms with Gasteiger partial charge in [-0.05, 0) is 25.7 Å². The second-order valence-electron chi connectivity index (χ2n) is 5.64. The van der Waals surface area contributed by atoms with Gasteiger partial charge in [0.25, 0.3) is 0 Å². The first-order valence-corrected chi connectivity index (χ1v) is 7.21. The van der Waals surface area contributed by atoms with E-state index >= 15 is 0 Å². The summed E-state index contributed by atoms with van der Waals surface area (Å²) in [5.74, 6) is 1.82. The van der Waals surface area contributed by atoms with Gasteiger partial charge >= 0.3 is 0 Å². The van der Waals surface area contributed by atoms with Gasteiger partial charge in [0.05, 0.1) is 6.61 Å². The van der Waals surface area contributed by atoms with E-state index in [4.69, 9.17) is 16.3 Å². The summed E-state index contributed by atoms with van der Waals surface area (Å²) >= 11 is 5.88. The number of rotatable bonds is 6. The van der Waals surface area contributed by atoms with Crippen molar-refractivity contribution >= 4 is 17.5 Å². The van der Waals surface area contributed by atoms with Crippen molar-refractivity contribution in [3.8, 4) is 5.88 Å². The average molecular weight is 286 g/mol. The zero-order chi connectivity index (χ0) is 14.5. The Kier molecular flexibility index (Phi) is 5.85. The van der Waals surface area contributed by atoms with E-state index in [0.29, 0.717) is 24.3 Å². The zero-order valence-electron chi connectivity index (χ0n) is 12.5. The van der Waals surface area contributed by atoms with Crippen LogP contribution in [0.4, 0.5) is 5.95 Å². The van der Waals surface area contributed by atoms with Gasteiger partial charge < -0.3 is 10.1 Å². The molecule has 0 aromatic carbocycles. The summed E-state index contributed by atoms with van der Waals surface area (Å²) in [6.07, 6.45) is 0.867. The van der Waals surface area contributed by atoms with Crippen molar-refractivity contribution in [1.82, 2.24) is 9.97 Å². The summed E-state index contributed by atoms with van der Waals surface area (Å²) in [6.45, 7) is 11.0. The summed E-state index contributed by atoms with van der Waals surface area (Å²) in [5.41, 5.74) is 0.979. The first kappa shape index (κ1) is 16.0. The van der Waals surface area contributed by atoms with E-state index in [-0.39, 0.29) is 11.5 Å². The Morgan fingerprint density at radius 2 is 2.05 bits per heavy atom. The average Bonchev–Trinajstić information content (AvgIpc) is 2.27. The summed E-state index contributed by atoms with van der Waals surface area (Å²) in [7, 11) is 0. The fraction of sp³-hybridized carbons (Fsp3) is 0.714. The maximum atomic E-state index is 5.88. The highest BCUT2D eigenvalue weighted by molar-refractivity contribution is 6.17. The van der Waals surface area contributed by atoms with Gasteiger partial charge in [-0.1, -0.05) is 20.8 Å². The molecule has 0 fully saturated rings. The maximum absolute atomic E-state index is 5.88.